The number of fused-ring (bicyclic) bond motifs is 1. The number of ether oxygens (including phenoxy) is 5. The van der Waals surface area contributed by atoms with Gasteiger partial charge >= 0.3 is 0 Å². The summed E-state index contributed by atoms with van der Waals surface area (Å²) in [6.07, 6.45) is -2.39. The molecule has 0 saturated carbocycles. The van der Waals surface area contributed by atoms with Gasteiger partial charge in [0.2, 0.25) is 5.91 Å². The maximum Gasteiger partial charge on any atom is 0.224 e. The number of carbonyl (C=O) groups excluding carboxylic acids is 1. The SMILES string of the molecule is CC1(C)O[C@H]2O[C@H]([C@H]3COC(C)(C)O3)[C@@H](NC(=O)Cc3cc(F)cc(F)c3)[C@H]2O1. The number of nitrogens with one attached hydrogen (secondary N) is 1. The molecule has 0 bridgehead atoms. The van der Waals surface area contributed by atoms with Crippen LogP contribution < -0.4 is 5.32 Å². The summed E-state index contributed by atoms with van der Waals surface area (Å²) in [5.74, 6) is -3.51. The Labute approximate surface area is 167 Å². The summed E-state index contributed by atoms with van der Waals surface area (Å²) in [5.41, 5.74) is 0.234. The highest BCUT2D eigenvalue weighted by atomic mass is 19.1. The standard InChI is InChI=1S/C20H25F2NO6/c1-19(2)25-9-13(27-19)16-15(17-18(26-16)29-20(3,4)28-17)23-14(24)7-10-5-11(21)8-12(22)6-10/h5-6,8,13,15-18H,7,9H2,1-4H3,(H,23,24)/t13-,15-,16-,17-,18-/m1/s1. The molecule has 0 unspecified atom stereocenters. The minimum atomic E-state index is -0.860. The molecule has 1 aromatic rings. The average molecular weight is 413 g/mol. The molecule has 3 aliphatic rings. The minimum absolute atomic E-state index is 0.187. The second-order valence-corrected chi connectivity index (χ2v) is 8.48. The summed E-state index contributed by atoms with van der Waals surface area (Å²) in [6.45, 7) is 7.41. The molecule has 0 spiro atoms. The lowest BCUT2D eigenvalue weighted by molar-refractivity contribution is -0.223. The predicted molar refractivity (Wildman–Crippen MR) is 95.6 cm³/mol. The number of benzene rings is 1. The van der Waals surface area contributed by atoms with Crippen LogP contribution in [0.25, 0.3) is 0 Å². The van der Waals surface area contributed by atoms with Gasteiger partial charge in [-0.15, -0.1) is 0 Å². The first-order valence-corrected chi connectivity index (χ1v) is 9.59. The zero-order valence-corrected chi connectivity index (χ0v) is 16.7. The van der Waals surface area contributed by atoms with Crippen LogP contribution in [0, 0.1) is 11.6 Å². The summed E-state index contributed by atoms with van der Waals surface area (Å²) >= 11 is 0. The number of amides is 1. The van der Waals surface area contributed by atoms with Gasteiger partial charge in [-0.3, -0.25) is 4.79 Å². The summed E-state index contributed by atoms with van der Waals surface area (Å²) < 4.78 is 56.1. The van der Waals surface area contributed by atoms with Gasteiger partial charge in [0.25, 0.3) is 0 Å². The van der Waals surface area contributed by atoms with E-state index in [1.54, 1.807) is 27.7 Å². The van der Waals surface area contributed by atoms with Crippen LogP contribution in [0.15, 0.2) is 18.2 Å². The zero-order valence-electron chi connectivity index (χ0n) is 16.7. The topological polar surface area (TPSA) is 75.3 Å². The van der Waals surface area contributed by atoms with E-state index in [4.69, 9.17) is 23.7 Å². The van der Waals surface area contributed by atoms with Crippen LogP contribution in [0.2, 0.25) is 0 Å². The molecule has 0 radical (unpaired) electrons. The van der Waals surface area contributed by atoms with Crippen LogP contribution in [0.4, 0.5) is 8.78 Å². The third-order valence-electron chi connectivity index (χ3n) is 5.10. The fraction of sp³-hybridized carbons (Fsp3) is 0.650. The molecule has 5 atom stereocenters. The lowest BCUT2D eigenvalue weighted by Crippen LogP contribution is -2.53. The van der Waals surface area contributed by atoms with Crippen LogP contribution >= 0.6 is 0 Å². The molecule has 3 saturated heterocycles. The van der Waals surface area contributed by atoms with Gasteiger partial charge in [0.1, 0.15) is 29.9 Å². The smallest absolute Gasteiger partial charge is 0.224 e. The minimum Gasteiger partial charge on any atom is -0.348 e. The van der Waals surface area contributed by atoms with Crippen molar-refractivity contribution in [3.8, 4) is 0 Å². The highest BCUT2D eigenvalue weighted by molar-refractivity contribution is 5.79. The van der Waals surface area contributed by atoms with Crippen molar-refractivity contribution in [1.29, 1.82) is 0 Å². The van der Waals surface area contributed by atoms with Crippen LogP contribution in [0.5, 0.6) is 0 Å². The quantitative estimate of drug-likeness (QED) is 0.814. The fourth-order valence-corrected chi connectivity index (χ4v) is 4.03. The van der Waals surface area contributed by atoms with Crippen LogP contribution in [0.1, 0.15) is 33.3 Å². The van der Waals surface area contributed by atoms with E-state index < -0.39 is 59.8 Å². The Kier molecular flexibility index (Phi) is 5.15. The molecule has 7 nitrogen and oxygen atoms in total. The van der Waals surface area contributed by atoms with E-state index in [0.29, 0.717) is 6.61 Å². The van der Waals surface area contributed by atoms with E-state index in [2.05, 4.69) is 5.32 Å². The van der Waals surface area contributed by atoms with Crippen molar-refractivity contribution in [2.75, 3.05) is 6.61 Å². The zero-order chi connectivity index (χ0) is 21.0. The maximum absolute atomic E-state index is 13.4. The van der Waals surface area contributed by atoms with Gasteiger partial charge in [0.15, 0.2) is 17.9 Å². The lowest BCUT2D eigenvalue weighted by Gasteiger charge is -2.29. The van der Waals surface area contributed by atoms with Crippen molar-refractivity contribution in [3.05, 3.63) is 35.4 Å². The van der Waals surface area contributed by atoms with E-state index in [-0.39, 0.29) is 12.0 Å². The Balaban J connectivity index is 1.50. The first-order chi connectivity index (χ1) is 13.5. The van der Waals surface area contributed by atoms with Crippen LogP contribution in [-0.4, -0.2) is 54.7 Å². The molecule has 3 fully saturated rings. The van der Waals surface area contributed by atoms with Gasteiger partial charge in [-0.05, 0) is 45.4 Å². The predicted octanol–water partition coefficient (Wildman–Crippen LogP) is 2.02. The molecule has 1 aromatic carbocycles. The summed E-state index contributed by atoms with van der Waals surface area (Å²) in [4.78, 5) is 12.6. The molecule has 0 aromatic heterocycles. The van der Waals surface area contributed by atoms with Crippen molar-refractivity contribution in [1.82, 2.24) is 5.32 Å². The van der Waals surface area contributed by atoms with Crippen molar-refractivity contribution in [2.24, 2.45) is 0 Å². The molecule has 3 aliphatic heterocycles. The number of hydrogen-bond acceptors (Lipinski definition) is 6. The van der Waals surface area contributed by atoms with E-state index in [1.165, 1.54) is 0 Å². The fourth-order valence-electron chi connectivity index (χ4n) is 4.03. The Hall–Kier alpha value is -1.65. The monoisotopic (exact) mass is 413 g/mol. The van der Waals surface area contributed by atoms with Crippen LogP contribution in [-0.2, 0) is 34.9 Å². The Morgan fingerprint density at radius 2 is 1.72 bits per heavy atom. The van der Waals surface area contributed by atoms with Crippen molar-refractivity contribution >= 4 is 5.91 Å². The Bertz CT molecular complexity index is 781. The van der Waals surface area contributed by atoms with E-state index in [1.807, 2.05) is 0 Å². The third kappa shape index (κ3) is 4.44. The van der Waals surface area contributed by atoms with E-state index in [9.17, 15) is 13.6 Å². The normalized spacial score (nSPS) is 34.9. The molecular weight excluding hydrogens is 388 g/mol. The van der Waals surface area contributed by atoms with Gasteiger partial charge < -0.3 is 29.0 Å². The maximum atomic E-state index is 13.4. The number of rotatable bonds is 4. The number of carbonyl (C=O) groups is 1. The molecule has 160 valence electrons. The van der Waals surface area contributed by atoms with Gasteiger partial charge in [0, 0.05) is 6.07 Å². The average Bonchev–Trinajstić information content (AvgIpc) is 3.17. The molecule has 4 rings (SSSR count). The summed E-state index contributed by atoms with van der Waals surface area (Å²) in [6, 6.07) is 2.44. The number of hydrogen-bond donors (Lipinski definition) is 1. The lowest BCUT2D eigenvalue weighted by atomic mass is 10.0. The van der Waals surface area contributed by atoms with Crippen molar-refractivity contribution in [2.45, 2.75) is 76.3 Å². The summed E-state index contributed by atoms with van der Waals surface area (Å²) in [7, 11) is 0. The first-order valence-electron chi connectivity index (χ1n) is 9.59. The number of halogens is 2. The second-order valence-electron chi connectivity index (χ2n) is 8.48. The van der Waals surface area contributed by atoms with Crippen molar-refractivity contribution < 1.29 is 37.3 Å². The highest BCUT2D eigenvalue weighted by Crippen LogP contribution is 2.40. The van der Waals surface area contributed by atoms with Crippen molar-refractivity contribution in [3.63, 3.8) is 0 Å². The van der Waals surface area contributed by atoms with Gasteiger partial charge in [0.05, 0.1) is 19.1 Å². The first kappa shape index (κ1) is 20.6. The highest BCUT2D eigenvalue weighted by Gasteiger charge is 2.58. The molecule has 29 heavy (non-hydrogen) atoms. The Morgan fingerprint density at radius 3 is 2.34 bits per heavy atom. The largest absolute Gasteiger partial charge is 0.348 e. The molecule has 9 heteroatoms. The molecule has 0 aliphatic carbocycles. The molecule has 3 heterocycles. The van der Waals surface area contributed by atoms with Crippen LogP contribution in [0.3, 0.4) is 0 Å². The van der Waals surface area contributed by atoms with Gasteiger partial charge in [-0.25, -0.2) is 8.78 Å². The molecule has 1 amide bonds. The summed E-state index contributed by atoms with van der Waals surface area (Å²) in [5, 5.41) is 2.88. The van der Waals surface area contributed by atoms with Gasteiger partial charge in [-0.1, -0.05) is 0 Å². The molecule has 1 N–H and O–H groups in total. The van der Waals surface area contributed by atoms with E-state index >= 15 is 0 Å². The molecular formula is C20H25F2NO6. The third-order valence-corrected chi connectivity index (χ3v) is 5.10. The second kappa shape index (κ2) is 7.24. The Morgan fingerprint density at radius 1 is 1.03 bits per heavy atom. The van der Waals surface area contributed by atoms with E-state index in [0.717, 1.165) is 18.2 Å². The van der Waals surface area contributed by atoms with Gasteiger partial charge in [-0.2, -0.15) is 0 Å².